The lowest BCUT2D eigenvalue weighted by atomic mass is 10.1. The van der Waals surface area contributed by atoms with Crippen molar-refractivity contribution in [2.45, 2.75) is 13.0 Å². The zero-order valence-corrected chi connectivity index (χ0v) is 8.04. The summed E-state index contributed by atoms with van der Waals surface area (Å²) < 4.78 is 4.88. The van der Waals surface area contributed by atoms with Crippen LogP contribution < -0.4 is 0 Å². The van der Waals surface area contributed by atoms with Gasteiger partial charge in [-0.15, -0.1) is 0 Å². The molecule has 1 aromatic carbocycles. The van der Waals surface area contributed by atoms with E-state index < -0.39 is 6.10 Å². The molecule has 1 unspecified atom stereocenters. The van der Waals surface area contributed by atoms with E-state index in [2.05, 4.69) is 6.92 Å². The van der Waals surface area contributed by atoms with Crippen molar-refractivity contribution < 1.29 is 9.53 Å². The number of carbonyl (C=O) groups excluding carboxylic acids is 1. The molecule has 1 atom stereocenters. The van der Waals surface area contributed by atoms with Gasteiger partial charge in [0.05, 0.1) is 0 Å². The minimum absolute atomic E-state index is 0.338. The van der Waals surface area contributed by atoms with E-state index in [1.807, 2.05) is 0 Å². The molecule has 0 aliphatic rings. The van der Waals surface area contributed by atoms with Gasteiger partial charge >= 0.3 is 5.97 Å². The number of carbonyl (C=O) groups is 1. The van der Waals surface area contributed by atoms with Gasteiger partial charge in [-0.3, -0.25) is 4.79 Å². The first-order valence-electron chi connectivity index (χ1n) is 3.85. The third-order valence-corrected chi connectivity index (χ3v) is 1.80. The number of benzene rings is 1. The van der Waals surface area contributed by atoms with Gasteiger partial charge < -0.3 is 4.74 Å². The Morgan fingerprint density at radius 1 is 1.46 bits per heavy atom. The maximum atomic E-state index is 10.6. The van der Waals surface area contributed by atoms with Gasteiger partial charge in [0.1, 0.15) is 6.10 Å². The standard InChI is InChI=1S/C10H10ClO2/c1-7(13-8(2)12)9-3-5-10(11)6-4-9/h3-7H,1H2,2H3. The second kappa shape index (κ2) is 4.28. The Morgan fingerprint density at radius 2 is 2.00 bits per heavy atom. The van der Waals surface area contributed by atoms with Gasteiger partial charge in [0.15, 0.2) is 0 Å². The van der Waals surface area contributed by atoms with Crippen LogP contribution in [0.2, 0.25) is 5.02 Å². The highest BCUT2D eigenvalue weighted by atomic mass is 35.5. The average Bonchev–Trinajstić information content (AvgIpc) is 2.04. The highest BCUT2D eigenvalue weighted by Gasteiger charge is 2.07. The monoisotopic (exact) mass is 197 g/mol. The Labute approximate surface area is 82.5 Å². The normalized spacial score (nSPS) is 12.2. The lowest BCUT2D eigenvalue weighted by molar-refractivity contribution is -0.144. The van der Waals surface area contributed by atoms with Crippen LogP contribution in [0.15, 0.2) is 24.3 Å². The molecule has 0 fully saturated rings. The van der Waals surface area contributed by atoms with Crippen LogP contribution in [0.25, 0.3) is 0 Å². The quantitative estimate of drug-likeness (QED) is 0.682. The SMILES string of the molecule is [CH2]C(OC(C)=O)c1ccc(Cl)cc1. The summed E-state index contributed by atoms with van der Waals surface area (Å²) in [6.45, 7) is 5.05. The van der Waals surface area contributed by atoms with Crippen molar-refractivity contribution in [2.24, 2.45) is 0 Å². The van der Waals surface area contributed by atoms with Gasteiger partial charge in [-0.1, -0.05) is 23.7 Å². The van der Waals surface area contributed by atoms with E-state index in [-0.39, 0.29) is 5.97 Å². The number of ether oxygens (including phenoxy) is 1. The molecule has 0 aromatic heterocycles. The third kappa shape index (κ3) is 3.07. The molecular weight excluding hydrogens is 188 g/mol. The summed E-state index contributed by atoms with van der Waals surface area (Å²) in [5.41, 5.74) is 0.833. The molecule has 1 rings (SSSR count). The molecule has 1 radical (unpaired) electrons. The highest BCUT2D eigenvalue weighted by Crippen LogP contribution is 2.18. The summed E-state index contributed by atoms with van der Waals surface area (Å²) in [6, 6.07) is 7.03. The smallest absolute Gasteiger partial charge is 0.303 e. The van der Waals surface area contributed by atoms with Crippen LogP contribution in [0.4, 0.5) is 0 Å². The first kappa shape index (κ1) is 10.1. The molecule has 0 N–H and O–H groups in total. The fraction of sp³-hybridized carbons (Fsp3) is 0.200. The van der Waals surface area contributed by atoms with Crippen molar-refractivity contribution >= 4 is 17.6 Å². The van der Waals surface area contributed by atoms with Gasteiger partial charge in [-0.05, 0) is 24.6 Å². The Morgan fingerprint density at radius 3 is 2.46 bits per heavy atom. The van der Waals surface area contributed by atoms with Gasteiger partial charge in [0.25, 0.3) is 0 Å². The van der Waals surface area contributed by atoms with E-state index in [9.17, 15) is 4.79 Å². The maximum Gasteiger partial charge on any atom is 0.303 e. The van der Waals surface area contributed by atoms with Crippen LogP contribution >= 0.6 is 11.6 Å². The summed E-state index contributed by atoms with van der Waals surface area (Å²) in [6.07, 6.45) is -0.463. The molecule has 0 amide bonds. The summed E-state index contributed by atoms with van der Waals surface area (Å²) in [7, 11) is 0. The van der Waals surface area contributed by atoms with Gasteiger partial charge in [0, 0.05) is 11.9 Å². The van der Waals surface area contributed by atoms with Crippen LogP contribution in [-0.4, -0.2) is 5.97 Å². The van der Waals surface area contributed by atoms with E-state index in [1.54, 1.807) is 24.3 Å². The van der Waals surface area contributed by atoms with Crippen molar-refractivity contribution in [1.82, 2.24) is 0 Å². The third-order valence-electron chi connectivity index (χ3n) is 1.55. The molecule has 0 bridgehead atoms. The molecule has 69 valence electrons. The minimum atomic E-state index is -0.463. The Bertz CT molecular complexity index is 292. The fourth-order valence-corrected chi connectivity index (χ4v) is 1.07. The van der Waals surface area contributed by atoms with E-state index in [1.165, 1.54) is 6.92 Å². The molecule has 0 heterocycles. The molecule has 0 aliphatic carbocycles. The summed E-state index contributed by atoms with van der Waals surface area (Å²) >= 11 is 5.69. The molecule has 0 saturated carbocycles. The number of hydrogen-bond acceptors (Lipinski definition) is 2. The Hall–Kier alpha value is -1.02. The summed E-state index contributed by atoms with van der Waals surface area (Å²) in [4.78, 5) is 10.6. The lowest BCUT2D eigenvalue weighted by Gasteiger charge is -2.11. The van der Waals surface area contributed by atoms with Crippen LogP contribution in [0.5, 0.6) is 0 Å². The maximum absolute atomic E-state index is 10.6. The predicted octanol–water partition coefficient (Wildman–Crippen LogP) is 2.78. The van der Waals surface area contributed by atoms with E-state index in [4.69, 9.17) is 16.3 Å². The molecule has 2 nitrogen and oxygen atoms in total. The van der Waals surface area contributed by atoms with Crippen LogP contribution in [-0.2, 0) is 9.53 Å². The van der Waals surface area contributed by atoms with Crippen LogP contribution in [0.3, 0.4) is 0 Å². The molecular formula is C10H10ClO2. The Kier molecular flexibility index (Phi) is 3.32. The number of halogens is 1. The minimum Gasteiger partial charge on any atom is -0.458 e. The van der Waals surface area contributed by atoms with Gasteiger partial charge in [-0.25, -0.2) is 0 Å². The van der Waals surface area contributed by atoms with Crippen molar-refractivity contribution in [3.63, 3.8) is 0 Å². The second-order valence-electron chi connectivity index (χ2n) is 2.65. The van der Waals surface area contributed by atoms with Crippen molar-refractivity contribution in [2.75, 3.05) is 0 Å². The van der Waals surface area contributed by atoms with Crippen molar-refractivity contribution in [3.8, 4) is 0 Å². The Balaban J connectivity index is 2.71. The van der Waals surface area contributed by atoms with Crippen LogP contribution in [0, 0.1) is 6.92 Å². The molecule has 1 aromatic rings. The van der Waals surface area contributed by atoms with Gasteiger partial charge in [-0.2, -0.15) is 0 Å². The zero-order chi connectivity index (χ0) is 9.84. The van der Waals surface area contributed by atoms with E-state index in [0.717, 1.165) is 5.56 Å². The molecule has 0 aliphatic heterocycles. The van der Waals surface area contributed by atoms with E-state index in [0.29, 0.717) is 5.02 Å². The zero-order valence-electron chi connectivity index (χ0n) is 7.29. The first-order valence-corrected chi connectivity index (χ1v) is 4.23. The predicted molar refractivity (Wildman–Crippen MR) is 51.3 cm³/mol. The highest BCUT2D eigenvalue weighted by molar-refractivity contribution is 6.30. The first-order chi connectivity index (χ1) is 6.09. The molecule has 0 saturated heterocycles. The summed E-state index contributed by atoms with van der Waals surface area (Å²) in [5, 5.41) is 0.652. The lowest BCUT2D eigenvalue weighted by Crippen LogP contribution is -2.04. The average molecular weight is 198 g/mol. The molecule has 3 heteroatoms. The number of rotatable bonds is 2. The topological polar surface area (TPSA) is 26.3 Å². The van der Waals surface area contributed by atoms with E-state index >= 15 is 0 Å². The fourth-order valence-electron chi connectivity index (χ4n) is 0.946. The molecule has 0 spiro atoms. The van der Waals surface area contributed by atoms with Crippen molar-refractivity contribution in [3.05, 3.63) is 41.8 Å². The van der Waals surface area contributed by atoms with Crippen molar-refractivity contribution in [1.29, 1.82) is 0 Å². The number of hydrogen-bond donors (Lipinski definition) is 0. The summed E-state index contributed by atoms with van der Waals surface area (Å²) in [5.74, 6) is -0.338. The number of esters is 1. The van der Waals surface area contributed by atoms with Gasteiger partial charge in [0.2, 0.25) is 0 Å². The largest absolute Gasteiger partial charge is 0.458 e. The van der Waals surface area contributed by atoms with Crippen LogP contribution in [0.1, 0.15) is 18.6 Å². The second-order valence-corrected chi connectivity index (χ2v) is 3.09. The molecule has 13 heavy (non-hydrogen) atoms.